The van der Waals surface area contributed by atoms with Gasteiger partial charge in [0.15, 0.2) is 17.5 Å². The number of anilines is 3. The molecule has 0 saturated heterocycles. The zero-order valence-corrected chi connectivity index (χ0v) is 41.8. The molecule has 6 aromatic heterocycles. The highest BCUT2D eigenvalue weighted by molar-refractivity contribution is 5.95. The van der Waals surface area contributed by atoms with Crippen LogP contribution in [0.5, 0.6) is 0 Å². The second-order valence-corrected chi connectivity index (χ2v) is 17.7. The van der Waals surface area contributed by atoms with E-state index in [0.29, 0.717) is 66.6 Å². The molecule has 0 atom stereocenters. The first-order chi connectivity index (χ1) is 37.6. The van der Waals surface area contributed by atoms with E-state index in [0.717, 1.165) is 0 Å². The third kappa shape index (κ3) is 9.31. The Balaban J connectivity index is 0.000000132. The Hall–Kier alpha value is -11.0. The predicted octanol–water partition coefficient (Wildman–Crippen LogP) is 4.21. The lowest BCUT2D eigenvalue weighted by atomic mass is 10.1. The molecule has 24 nitrogen and oxygen atoms in total. The zero-order chi connectivity index (χ0) is 54.9. The number of rotatable bonds is 9. The van der Waals surface area contributed by atoms with E-state index in [1.165, 1.54) is 45.3 Å². The van der Waals surface area contributed by atoms with Crippen molar-refractivity contribution in [1.82, 2.24) is 62.4 Å². The standard InChI is InChI=1S/C19H18N6O2.C18H15N5O3.C17H13N5O3/c1-23(2)18(26)13-8-4-3-7-12(13)11-24-19(27)25-15-10-6-5-9-14(15)21-16(20)17(25)22-24;1-26-17(24)12-7-3-2-6-11(12)10-22-18(25)23-14-9-5-4-8-13(14)20-15(19)16(23)21-22;18-14-15-20-21(9-10-5-1-2-6-11(10)16(23)24)17(25)22(15)13-8-4-3-7-12(13)19-14/h3-10H,11H2,1-2H3,(H2,20,21);2-9H,10H2,1H3,(H2,19,20);1-8H,9H2,(H2,18,19)(H,23,24). The summed E-state index contributed by atoms with van der Waals surface area (Å²) >= 11 is 0. The van der Waals surface area contributed by atoms with Crippen molar-refractivity contribution in [3.8, 4) is 0 Å². The second kappa shape index (κ2) is 20.7. The van der Waals surface area contributed by atoms with Crippen molar-refractivity contribution in [2.24, 2.45) is 0 Å². The van der Waals surface area contributed by atoms with Gasteiger partial charge in [0.1, 0.15) is 0 Å². The predicted molar refractivity (Wildman–Crippen MR) is 290 cm³/mol. The number of nitrogens with two attached hydrogens (primary N) is 3. The molecule has 390 valence electrons. The monoisotopic (exact) mass is 1050 g/mol. The number of para-hydroxylation sites is 6. The number of benzene rings is 6. The van der Waals surface area contributed by atoms with Gasteiger partial charge in [-0.3, -0.25) is 4.79 Å². The quantitative estimate of drug-likeness (QED) is 0.147. The molecule has 12 aromatic rings. The Kier molecular flexibility index (Phi) is 13.4. The first kappa shape index (κ1) is 50.5. The number of carboxylic acid groups (broad SMARTS) is 1. The molecule has 78 heavy (non-hydrogen) atoms. The average Bonchev–Trinajstić information content (AvgIpc) is 4.26. The average molecular weight is 1050 g/mol. The Bertz CT molecular complexity index is 4550. The van der Waals surface area contributed by atoms with Gasteiger partial charge in [0.2, 0.25) is 16.9 Å². The van der Waals surface area contributed by atoms with Gasteiger partial charge in [-0.05, 0) is 71.3 Å². The minimum absolute atomic E-state index is 0.0246. The molecule has 0 spiro atoms. The van der Waals surface area contributed by atoms with Crippen molar-refractivity contribution in [1.29, 1.82) is 0 Å². The number of nitrogens with zero attached hydrogens (tertiary/aromatic N) is 13. The van der Waals surface area contributed by atoms with E-state index in [1.807, 2.05) is 36.4 Å². The Labute approximate surface area is 439 Å². The minimum atomic E-state index is -1.06. The van der Waals surface area contributed by atoms with E-state index in [-0.39, 0.29) is 71.2 Å². The molecule has 1 amide bonds. The summed E-state index contributed by atoms with van der Waals surface area (Å²) in [6.07, 6.45) is 0. The van der Waals surface area contributed by atoms with Crippen molar-refractivity contribution in [3.05, 3.63) is 210 Å². The number of fused-ring (bicyclic) bond motifs is 9. The fraction of sp³-hybridized carbons (Fsp3) is 0.111. The van der Waals surface area contributed by atoms with Crippen LogP contribution in [0.4, 0.5) is 17.5 Å². The molecule has 0 aliphatic carbocycles. The van der Waals surface area contributed by atoms with Gasteiger partial charge < -0.3 is 31.9 Å². The van der Waals surface area contributed by atoms with E-state index in [2.05, 4.69) is 30.2 Å². The molecule has 24 heteroatoms. The fourth-order valence-electron chi connectivity index (χ4n) is 8.89. The summed E-state index contributed by atoms with van der Waals surface area (Å²) in [6.45, 7) is 0.292. The van der Waals surface area contributed by atoms with Gasteiger partial charge in [-0.25, -0.2) is 66.2 Å². The smallest absolute Gasteiger partial charge is 0.351 e. The molecule has 0 aliphatic heterocycles. The number of carbonyl (C=O) groups excluding carboxylic acids is 2. The van der Waals surface area contributed by atoms with Crippen molar-refractivity contribution < 1.29 is 24.2 Å². The van der Waals surface area contributed by atoms with E-state index < -0.39 is 17.6 Å². The SMILES string of the molecule is CN(C)C(=O)c1ccccc1Cn1nc2c(N)nc3ccccc3n2c1=O.COC(=O)c1ccccc1Cn1nc2c(N)nc3ccccc3n2c1=O.Nc1nc2ccccc2n2c(=O)n(Cc3ccccc3C(=O)O)nc12. The fourth-order valence-corrected chi connectivity index (χ4v) is 8.89. The van der Waals surface area contributed by atoms with Crippen molar-refractivity contribution >= 4 is 85.3 Å². The number of methoxy groups -OCH3 is 1. The number of carbonyl (C=O) groups is 3. The topological polar surface area (TPSA) is 319 Å². The van der Waals surface area contributed by atoms with Crippen LogP contribution in [0.1, 0.15) is 47.8 Å². The lowest BCUT2D eigenvalue weighted by molar-refractivity contribution is 0.0598. The number of carboxylic acids is 1. The van der Waals surface area contributed by atoms with Crippen molar-refractivity contribution in [2.45, 2.75) is 19.6 Å². The van der Waals surface area contributed by atoms with Gasteiger partial charge in [0.25, 0.3) is 5.91 Å². The lowest BCUT2D eigenvalue weighted by Crippen LogP contribution is -2.26. The summed E-state index contributed by atoms with van der Waals surface area (Å²) in [7, 11) is 4.69. The van der Waals surface area contributed by atoms with Gasteiger partial charge in [-0.2, -0.15) is 0 Å². The first-order valence-electron chi connectivity index (χ1n) is 23.8. The summed E-state index contributed by atoms with van der Waals surface area (Å²) in [5.41, 5.74) is 24.2. The van der Waals surface area contributed by atoms with Gasteiger partial charge in [0, 0.05) is 19.7 Å². The second-order valence-electron chi connectivity index (χ2n) is 17.7. The maximum atomic E-state index is 13.0. The van der Waals surface area contributed by atoms with Crippen LogP contribution in [0.25, 0.3) is 50.0 Å². The molecular weight excluding hydrogens is 1000 g/mol. The Morgan fingerprint density at radius 3 is 1.14 bits per heavy atom. The van der Waals surface area contributed by atoms with Crippen molar-refractivity contribution in [2.75, 3.05) is 38.4 Å². The summed E-state index contributed by atoms with van der Waals surface area (Å²) in [5, 5.41) is 22.2. The normalized spacial score (nSPS) is 11.2. The highest BCUT2D eigenvalue weighted by Crippen LogP contribution is 2.21. The summed E-state index contributed by atoms with van der Waals surface area (Å²) in [5.74, 6) is -1.17. The molecule has 7 N–H and O–H groups in total. The van der Waals surface area contributed by atoms with Gasteiger partial charge >= 0.3 is 29.0 Å². The molecule has 0 radical (unpaired) electrons. The molecular formula is C54H46N16O8. The first-order valence-corrected chi connectivity index (χ1v) is 23.8. The van der Waals surface area contributed by atoms with Crippen LogP contribution in [0.3, 0.4) is 0 Å². The number of ether oxygens (including phenoxy) is 1. The zero-order valence-electron chi connectivity index (χ0n) is 41.8. The number of esters is 1. The molecule has 0 bridgehead atoms. The Morgan fingerprint density at radius 2 is 0.782 bits per heavy atom. The summed E-state index contributed by atoms with van der Waals surface area (Å²) < 4.78 is 12.8. The van der Waals surface area contributed by atoms with E-state index >= 15 is 0 Å². The highest BCUT2D eigenvalue weighted by Gasteiger charge is 2.21. The number of amides is 1. The van der Waals surface area contributed by atoms with E-state index in [4.69, 9.17) is 21.9 Å². The van der Waals surface area contributed by atoms with Gasteiger partial charge in [-0.1, -0.05) is 91.0 Å². The maximum Gasteiger partial charge on any atom is 0.351 e. The molecule has 6 aromatic carbocycles. The van der Waals surface area contributed by atoms with Crippen LogP contribution in [0.2, 0.25) is 0 Å². The maximum absolute atomic E-state index is 13.0. The number of hydrogen-bond acceptors (Lipinski definition) is 16. The van der Waals surface area contributed by atoms with E-state index in [1.54, 1.807) is 117 Å². The van der Waals surface area contributed by atoms with Crippen LogP contribution in [0.15, 0.2) is 160 Å². The number of aromatic nitrogens is 12. The van der Waals surface area contributed by atoms with Crippen LogP contribution >= 0.6 is 0 Å². The third-order valence-corrected chi connectivity index (χ3v) is 12.6. The number of aromatic carboxylic acids is 1. The number of nitrogen functional groups attached to an aromatic ring is 3. The lowest BCUT2D eigenvalue weighted by Gasteiger charge is -2.13. The van der Waals surface area contributed by atoms with Gasteiger partial charge in [-0.15, -0.1) is 15.3 Å². The number of hydrogen-bond donors (Lipinski definition) is 4. The summed E-state index contributed by atoms with van der Waals surface area (Å²) in [4.78, 5) is 88.8. The van der Waals surface area contributed by atoms with Crippen LogP contribution in [-0.4, -0.2) is 107 Å². The molecule has 0 fully saturated rings. The van der Waals surface area contributed by atoms with Crippen molar-refractivity contribution in [3.63, 3.8) is 0 Å². The molecule has 0 unspecified atom stereocenters. The van der Waals surface area contributed by atoms with Crippen LogP contribution in [-0.2, 0) is 24.4 Å². The molecule has 12 rings (SSSR count). The summed E-state index contributed by atoms with van der Waals surface area (Å²) in [6, 6.07) is 42.1. The molecule has 6 heterocycles. The van der Waals surface area contributed by atoms with E-state index in [9.17, 15) is 33.9 Å². The molecule has 0 saturated carbocycles. The Morgan fingerprint density at radius 1 is 0.474 bits per heavy atom. The largest absolute Gasteiger partial charge is 0.478 e. The van der Waals surface area contributed by atoms with Crippen LogP contribution in [0, 0.1) is 0 Å². The minimum Gasteiger partial charge on any atom is -0.478 e. The highest BCUT2D eigenvalue weighted by atomic mass is 16.5. The third-order valence-electron chi connectivity index (χ3n) is 12.6. The molecule has 0 aliphatic rings. The van der Waals surface area contributed by atoms with Gasteiger partial charge in [0.05, 0.1) is 71.0 Å². The van der Waals surface area contributed by atoms with Crippen LogP contribution < -0.4 is 34.3 Å².